The van der Waals surface area contributed by atoms with Gasteiger partial charge in [0.1, 0.15) is 11.4 Å². The van der Waals surface area contributed by atoms with Crippen LogP contribution in [0.5, 0.6) is 0 Å². The molecule has 0 bridgehead atoms. The summed E-state index contributed by atoms with van der Waals surface area (Å²) in [6, 6.07) is 6.39. The highest BCUT2D eigenvalue weighted by atomic mass is 19.1. The number of hydrogen-bond donors (Lipinski definition) is 1. The molecule has 1 atom stereocenters. The number of halogens is 1. The molecule has 1 fully saturated rings. The zero-order chi connectivity index (χ0) is 14.8. The lowest BCUT2D eigenvalue weighted by Crippen LogP contribution is -2.60. The third-order valence-corrected chi connectivity index (χ3v) is 4.15. The van der Waals surface area contributed by atoms with Crippen molar-refractivity contribution in [2.45, 2.75) is 18.9 Å². The molecule has 1 aliphatic rings. The third kappa shape index (κ3) is 2.99. The fraction of sp³-hybridized carbons (Fsp3) is 0.533. The monoisotopic (exact) mass is 280 g/mol. The van der Waals surface area contributed by atoms with E-state index in [1.165, 1.54) is 6.07 Å². The number of carbonyl (C=O) groups is 1. The Morgan fingerprint density at radius 2 is 1.90 bits per heavy atom. The van der Waals surface area contributed by atoms with Crippen molar-refractivity contribution in [1.29, 1.82) is 0 Å². The number of benzene rings is 1. The predicted molar refractivity (Wildman–Crippen MR) is 75.2 cm³/mol. The van der Waals surface area contributed by atoms with Gasteiger partial charge >= 0.3 is 5.97 Å². The Balaban J connectivity index is 2.22. The largest absolute Gasteiger partial charge is 0.480 e. The molecule has 4 nitrogen and oxygen atoms in total. The second-order valence-electron chi connectivity index (χ2n) is 5.64. The van der Waals surface area contributed by atoms with Gasteiger partial charge in [-0.05, 0) is 25.6 Å². The van der Waals surface area contributed by atoms with Crippen LogP contribution in [0.15, 0.2) is 24.3 Å². The lowest BCUT2D eigenvalue weighted by Gasteiger charge is -2.42. The first kappa shape index (κ1) is 14.9. The molecule has 1 aromatic carbocycles. The molecule has 5 heteroatoms. The Morgan fingerprint density at radius 1 is 1.30 bits per heavy atom. The van der Waals surface area contributed by atoms with Crippen LogP contribution in [-0.4, -0.2) is 59.6 Å². The Labute approximate surface area is 118 Å². The van der Waals surface area contributed by atoms with Crippen molar-refractivity contribution in [1.82, 2.24) is 9.80 Å². The standard InChI is InChI=1S/C15H21FN2O2/c1-15(14(19)20,18-9-7-17(2)8-10-18)11-12-5-3-4-6-13(12)16/h3-6H,7-11H2,1-2H3,(H,19,20). The summed E-state index contributed by atoms with van der Waals surface area (Å²) in [4.78, 5) is 15.9. The molecule has 1 aromatic rings. The minimum atomic E-state index is -1.07. The van der Waals surface area contributed by atoms with Gasteiger partial charge in [0, 0.05) is 32.6 Å². The number of likely N-dealkylation sites (N-methyl/N-ethyl adjacent to an activating group) is 1. The molecule has 1 saturated heterocycles. The first-order valence-corrected chi connectivity index (χ1v) is 6.84. The third-order valence-electron chi connectivity index (χ3n) is 4.15. The van der Waals surface area contributed by atoms with Crippen molar-refractivity contribution in [2.24, 2.45) is 0 Å². The van der Waals surface area contributed by atoms with Crippen LogP contribution in [0.3, 0.4) is 0 Å². The predicted octanol–water partition coefficient (Wildman–Crippen LogP) is 1.46. The van der Waals surface area contributed by atoms with Gasteiger partial charge in [-0.2, -0.15) is 0 Å². The number of carboxylic acids is 1. The van der Waals surface area contributed by atoms with E-state index in [-0.39, 0.29) is 12.2 Å². The molecule has 1 heterocycles. The maximum Gasteiger partial charge on any atom is 0.324 e. The molecule has 0 saturated carbocycles. The average molecular weight is 280 g/mol. The molecule has 0 radical (unpaired) electrons. The summed E-state index contributed by atoms with van der Waals surface area (Å²) in [5.41, 5.74) is -0.611. The fourth-order valence-electron chi connectivity index (χ4n) is 2.64. The zero-order valence-electron chi connectivity index (χ0n) is 12.0. The molecule has 20 heavy (non-hydrogen) atoms. The van der Waals surface area contributed by atoms with Crippen LogP contribution < -0.4 is 0 Å². The van der Waals surface area contributed by atoms with Gasteiger partial charge in [-0.25, -0.2) is 4.39 Å². The molecular formula is C15H21FN2O2. The maximum atomic E-state index is 13.8. The molecule has 1 N–H and O–H groups in total. The highest BCUT2D eigenvalue weighted by Crippen LogP contribution is 2.24. The second-order valence-corrected chi connectivity index (χ2v) is 5.64. The van der Waals surface area contributed by atoms with E-state index in [0.29, 0.717) is 18.7 Å². The van der Waals surface area contributed by atoms with Crippen LogP contribution in [0.4, 0.5) is 4.39 Å². The van der Waals surface area contributed by atoms with Crippen LogP contribution in [0.25, 0.3) is 0 Å². The van der Waals surface area contributed by atoms with Gasteiger partial charge in [0.25, 0.3) is 0 Å². The molecule has 110 valence electrons. The van der Waals surface area contributed by atoms with Crippen LogP contribution in [0.1, 0.15) is 12.5 Å². The van der Waals surface area contributed by atoms with Crippen molar-refractivity contribution in [3.8, 4) is 0 Å². The molecule has 2 rings (SSSR count). The number of rotatable bonds is 4. The van der Waals surface area contributed by atoms with E-state index in [1.807, 2.05) is 11.9 Å². The molecule has 0 amide bonds. The SMILES string of the molecule is CN1CCN(C(C)(Cc2ccccc2F)C(=O)O)CC1. The van der Waals surface area contributed by atoms with E-state index in [4.69, 9.17) is 0 Å². The van der Waals surface area contributed by atoms with Crippen LogP contribution in [0.2, 0.25) is 0 Å². The fourth-order valence-corrected chi connectivity index (χ4v) is 2.64. The van der Waals surface area contributed by atoms with Crippen molar-refractivity contribution in [3.63, 3.8) is 0 Å². The smallest absolute Gasteiger partial charge is 0.324 e. The number of piperazine rings is 1. The van der Waals surface area contributed by atoms with Crippen LogP contribution in [0, 0.1) is 5.82 Å². The van der Waals surface area contributed by atoms with Crippen LogP contribution >= 0.6 is 0 Å². The summed E-state index contributed by atoms with van der Waals surface area (Å²) in [6.07, 6.45) is 0.179. The molecule has 1 aliphatic heterocycles. The van der Waals surface area contributed by atoms with E-state index in [9.17, 15) is 14.3 Å². The molecule has 1 unspecified atom stereocenters. The number of aliphatic carboxylic acids is 1. The summed E-state index contributed by atoms with van der Waals surface area (Å²) >= 11 is 0. The molecule has 0 aliphatic carbocycles. The normalized spacial score (nSPS) is 20.6. The number of hydrogen-bond acceptors (Lipinski definition) is 3. The number of nitrogens with zero attached hydrogens (tertiary/aromatic N) is 2. The van der Waals surface area contributed by atoms with Gasteiger partial charge in [0.15, 0.2) is 0 Å². The van der Waals surface area contributed by atoms with Gasteiger partial charge < -0.3 is 10.0 Å². The Hall–Kier alpha value is -1.46. The van der Waals surface area contributed by atoms with Crippen molar-refractivity contribution in [3.05, 3.63) is 35.6 Å². The minimum absolute atomic E-state index is 0.179. The van der Waals surface area contributed by atoms with E-state index < -0.39 is 11.5 Å². The number of carboxylic acid groups (broad SMARTS) is 1. The zero-order valence-corrected chi connectivity index (χ0v) is 12.0. The van der Waals surface area contributed by atoms with E-state index in [2.05, 4.69) is 4.90 Å². The Bertz CT molecular complexity index is 487. The lowest BCUT2D eigenvalue weighted by atomic mass is 9.90. The first-order valence-electron chi connectivity index (χ1n) is 6.84. The topological polar surface area (TPSA) is 43.8 Å². The molecule has 0 spiro atoms. The summed E-state index contributed by atoms with van der Waals surface area (Å²) in [7, 11) is 2.02. The Morgan fingerprint density at radius 3 is 2.45 bits per heavy atom. The van der Waals surface area contributed by atoms with Gasteiger partial charge in [-0.3, -0.25) is 9.69 Å². The first-order chi connectivity index (χ1) is 9.43. The van der Waals surface area contributed by atoms with Gasteiger partial charge in [-0.1, -0.05) is 18.2 Å². The van der Waals surface area contributed by atoms with E-state index in [1.54, 1.807) is 25.1 Å². The van der Waals surface area contributed by atoms with Gasteiger partial charge in [0.2, 0.25) is 0 Å². The van der Waals surface area contributed by atoms with Gasteiger partial charge in [-0.15, -0.1) is 0 Å². The molecular weight excluding hydrogens is 259 g/mol. The highest BCUT2D eigenvalue weighted by Gasteiger charge is 2.41. The van der Waals surface area contributed by atoms with Crippen molar-refractivity contribution < 1.29 is 14.3 Å². The summed E-state index contributed by atoms with van der Waals surface area (Å²) in [5.74, 6) is -1.24. The van der Waals surface area contributed by atoms with Crippen LogP contribution in [-0.2, 0) is 11.2 Å². The summed E-state index contributed by atoms with van der Waals surface area (Å²) in [5, 5.41) is 9.63. The second kappa shape index (κ2) is 5.89. The van der Waals surface area contributed by atoms with Gasteiger partial charge in [0.05, 0.1) is 0 Å². The maximum absolute atomic E-state index is 13.8. The quantitative estimate of drug-likeness (QED) is 0.907. The average Bonchev–Trinajstić information content (AvgIpc) is 2.42. The summed E-state index contributed by atoms with van der Waals surface area (Å²) < 4.78 is 13.8. The lowest BCUT2D eigenvalue weighted by molar-refractivity contribution is -0.151. The minimum Gasteiger partial charge on any atom is -0.480 e. The van der Waals surface area contributed by atoms with E-state index in [0.717, 1.165) is 13.1 Å². The van der Waals surface area contributed by atoms with Crippen molar-refractivity contribution >= 4 is 5.97 Å². The summed E-state index contributed by atoms with van der Waals surface area (Å²) in [6.45, 7) is 4.73. The van der Waals surface area contributed by atoms with Crippen molar-refractivity contribution in [2.75, 3.05) is 33.2 Å². The molecule has 0 aromatic heterocycles. The Kier molecular flexibility index (Phi) is 4.40. The highest BCUT2D eigenvalue weighted by molar-refractivity contribution is 5.78. The van der Waals surface area contributed by atoms with E-state index >= 15 is 0 Å².